The molecule has 0 saturated carbocycles. The second-order valence-electron chi connectivity index (χ2n) is 3.56. The molecule has 0 N–H and O–H groups in total. The normalized spacial score (nSPS) is 20.7. The molecule has 4 nitrogen and oxygen atoms in total. The maximum atomic E-state index is 11.8. The number of ether oxygens (including phenoxy) is 2. The molecule has 0 spiro atoms. The zero-order valence-electron chi connectivity index (χ0n) is 8.69. The Balaban J connectivity index is 2.04. The summed E-state index contributed by atoms with van der Waals surface area (Å²) in [7, 11) is 1.59. The first-order valence-corrected chi connectivity index (χ1v) is 5.04. The molecule has 1 aromatic rings. The van der Waals surface area contributed by atoms with Crippen LogP contribution in [0.1, 0.15) is 29.2 Å². The van der Waals surface area contributed by atoms with Gasteiger partial charge in [-0.2, -0.15) is 0 Å². The number of hydrogen-bond donors (Lipinski definition) is 0. The Bertz CT molecular complexity index is 336. The fourth-order valence-corrected chi connectivity index (χ4v) is 1.67. The third-order valence-electron chi connectivity index (χ3n) is 2.41. The summed E-state index contributed by atoms with van der Waals surface area (Å²) >= 11 is 0. The van der Waals surface area contributed by atoms with Crippen molar-refractivity contribution in [3.63, 3.8) is 0 Å². The highest BCUT2D eigenvalue weighted by molar-refractivity contribution is 5.97. The van der Waals surface area contributed by atoms with E-state index in [0.29, 0.717) is 24.7 Å². The Kier molecular flexibility index (Phi) is 3.18. The molecule has 0 aliphatic carbocycles. The van der Waals surface area contributed by atoms with Crippen LogP contribution in [-0.2, 0) is 16.1 Å². The maximum Gasteiger partial charge on any atom is 0.226 e. The Morgan fingerprint density at radius 2 is 2.47 bits per heavy atom. The van der Waals surface area contributed by atoms with Crippen LogP contribution in [-0.4, -0.2) is 25.6 Å². The van der Waals surface area contributed by atoms with E-state index in [0.717, 1.165) is 12.8 Å². The summed E-state index contributed by atoms with van der Waals surface area (Å²) in [5.41, 5.74) is 0. The smallest absolute Gasteiger partial charge is 0.226 e. The maximum absolute atomic E-state index is 11.8. The number of hydrogen-bond acceptors (Lipinski definition) is 4. The van der Waals surface area contributed by atoms with E-state index in [-0.39, 0.29) is 11.9 Å². The molecule has 4 heteroatoms. The van der Waals surface area contributed by atoms with Crippen LogP contribution in [0.3, 0.4) is 0 Å². The second-order valence-corrected chi connectivity index (χ2v) is 3.56. The first-order chi connectivity index (χ1) is 7.31. The molecule has 1 fully saturated rings. The van der Waals surface area contributed by atoms with Gasteiger partial charge in [-0.1, -0.05) is 0 Å². The van der Waals surface area contributed by atoms with E-state index in [4.69, 9.17) is 13.9 Å². The molecule has 82 valence electrons. The molecule has 0 aromatic carbocycles. The fraction of sp³-hybridized carbons (Fsp3) is 0.545. The van der Waals surface area contributed by atoms with Crippen molar-refractivity contribution in [1.29, 1.82) is 0 Å². The van der Waals surface area contributed by atoms with Crippen LogP contribution in [0.15, 0.2) is 16.5 Å². The predicted octanol–water partition coefficient (Wildman–Crippen LogP) is 1.79. The molecule has 1 atom stereocenters. The second kappa shape index (κ2) is 4.59. The predicted molar refractivity (Wildman–Crippen MR) is 52.7 cm³/mol. The van der Waals surface area contributed by atoms with Crippen LogP contribution in [0.2, 0.25) is 0 Å². The van der Waals surface area contributed by atoms with Gasteiger partial charge in [0.25, 0.3) is 0 Å². The van der Waals surface area contributed by atoms with E-state index in [9.17, 15) is 4.79 Å². The Morgan fingerprint density at radius 3 is 3.13 bits per heavy atom. The van der Waals surface area contributed by atoms with Gasteiger partial charge in [-0.3, -0.25) is 4.79 Å². The molecule has 1 saturated heterocycles. The van der Waals surface area contributed by atoms with Gasteiger partial charge in [-0.25, -0.2) is 0 Å². The lowest BCUT2D eigenvalue weighted by Crippen LogP contribution is -2.18. The first kappa shape index (κ1) is 10.4. The average molecular weight is 210 g/mol. The summed E-state index contributed by atoms with van der Waals surface area (Å²) in [6, 6.07) is 3.43. The Hall–Kier alpha value is -1.13. The zero-order valence-corrected chi connectivity index (χ0v) is 8.69. The van der Waals surface area contributed by atoms with Gasteiger partial charge < -0.3 is 13.9 Å². The molecule has 1 aromatic heterocycles. The average Bonchev–Trinajstić information content (AvgIpc) is 2.87. The fourth-order valence-electron chi connectivity index (χ4n) is 1.67. The minimum Gasteiger partial charge on any atom is -0.455 e. The van der Waals surface area contributed by atoms with Gasteiger partial charge in [0.1, 0.15) is 18.5 Å². The largest absolute Gasteiger partial charge is 0.455 e. The van der Waals surface area contributed by atoms with Gasteiger partial charge >= 0.3 is 0 Å². The van der Waals surface area contributed by atoms with Crippen molar-refractivity contribution in [3.8, 4) is 0 Å². The van der Waals surface area contributed by atoms with Gasteiger partial charge in [0.05, 0.1) is 0 Å². The lowest BCUT2D eigenvalue weighted by molar-refractivity contribution is 0.0609. The van der Waals surface area contributed by atoms with E-state index in [1.807, 2.05) is 0 Å². The van der Waals surface area contributed by atoms with Crippen molar-refractivity contribution >= 4 is 5.78 Å². The Morgan fingerprint density at radius 1 is 1.60 bits per heavy atom. The van der Waals surface area contributed by atoms with Crippen molar-refractivity contribution in [1.82, 2.24) is 0 Å². The standard InChI is InChI=1S/C11H14O4/c1-13-7-8-4-5-10(15-8)11(12)9-3-2-6-14-9/h4-5,9H,2-3,6-7H2,1H3. The summed E-state index contributed by atoms with van der Waals surface area (Å²) in [6.45, 7) is 1.06. The lowest BCUT2D eigenvalue weighted by atomic mass is 10.1. The van der Waals surface area contributed by atoms with Crippen LogP contribution in [0.5, 0.6) is 0 Å². The van der Waals surface area contributed by atoms with Crippen LogP contribution in [0.25, 0.3) is 0 Å². The minimum atomic E-state index is -0.313. The number of methoxy groups -OCH3 is 1. The van der Waals surface area contributed by atoms with Crippen molar-refractivity contribution in [2.45, 2.75) is 25.6 Å². The molecule has 2 heterocycles. The molecular formula is C11H14O4. The van der Waals surface area contributed by atoms with E-state index in [1.165, 1.54) is 0 Å². The highest BCUT2D eigenvalue weighted by atomic mass is 16.5. The van der Waals surface area contributed by atoms with Crippen molar-refractivity contribution in [2.24, 2.45) is 0 Å². The third-order valence-corrected chi connectivity index (χ3v) is 2.41. The first-order valence-electron chi connectivity index (χ1n) is 5.04. The summed E-state index contributed by atoms with van der Waals surface area (Å²) in [5.74, 6) is 0.975. The molecule has 1 unspecified atom stereocenters. The van der Waals surface area contributed by atoms with Gasteiger partial charge in [0.2, 0.25) is 5.78 Å². The zero-order chi connectivity index (χ0) is 10.7. The molecule has 15 heavy (non-hydrogen) atoms. The quantitative estimate of drug-likeness (QED) is 0.711. The van der Waals surface area contributed by atoms with Gasteiger partial charge in [-0.15, -0.1) is 0 Å². The molecule has 2 rings (SSSR count). The SMILES string of the molecule is COCc1ccc(C(=O)C2CCCO2)o1. The van der Waals surface area contributed by atoms with Crippen molar-refractivity contribution < 1.29 is 18.7 Å². The minimum absolute atomic E-state index is 0.0603. The molecule has 1 aliphatic rings. The summed E-state index contributed by atoms with van der Waals surface area (Å²) < 4.78 is 15.6. The van der Waals surface area contributed by atoms with Crippen LogP contribution >= 0.6 is 0 Å². The van der Waals surface area contributed by atoms with E-state index < -0.39 is 0 Å². The summed E-state index contributed by atoms with van der Waals surface area (Å²) in [5, 5.41) is 0. The van der Waals surface area contributed by atoms with Gasteiger partial charge in [0, 0.05) is 13.7 Å². The van der Waals surface area contributed by atoms with Crippen LogP contribution in [0.4, 0.5) is 0 Å². The number of rotatable bonds is 4. The highest BCUT2D eigenvalue weighted by Gasteiger charge is 2.26. The molecule has 0 amide bonds. The Labute approximate surface area is 88.2 Å². The molecule has 0 bridgehead atoms. The summed E-state index contributed by atoms with van der Waals surface area (Å²) in [4.78, 5) is 11.8. The van der Waals surface area contributed by atoms with Crippen molar-refractivity contribution in [3.05, 3.63) is 23.7 Å². The number of carbonyl (C=O) groups is 1. The van der Waals surface area contributed by atoms with Gasteiger partial charge in [0.15, 0.2) is 5.76 Å². The topological polar surface area (TPSA) is 48.7 Å². The van der Waals surface area contributed by atoms with Gasteiger partial charge in [-0.05, 0) is 25.0 Å². The third kappa shape index (κ3) is 2.27. The van der Waals surface area contributed by atoms with E-state index in [1.54, 1.807) is 19.2 Å². The highest BCUT2D eigenvalue weighted by Crippen LogP contribution is 2.19. The summed E-state index contributed by atoms with van der Waals surface area (Å²) in [6.07, 6.45) is 1.42. The van der Waals surface area contributed by atoms with Crippen LogP contribution < -0.4 is 0 Å². The molecule has 1 aliphatic heterocycles. The molecular weight excluding hydrogens is 196 g/mol. The number of furan rings is 1. The number of Topliss-reactive ketones (excluding diaryl/α,β-unsaturated/α-hetero) is 1. The number of carbonyl (C=O) groups excluding carboxylic acids is 1. The van der Waals surface area contributed by atoms with E-state index in [2.05, 4.69) is 0 Å². The lowest BCUT2D eigenvalue weighted by Gasteiger charge is -2.04. The monoisotopic (exact) mass is 210 g/mol. The van der Waals surface area contributed by atoms with Crippen LogP contribution in [0, 0.1) is 0 Å². The molecule has 0 radical (unpaired) electrons. The number of ketones is 1. The van der Waals surface area contributed by atoms with Crippen molar-refractivity contribution in [2.75, 3.05) is 13.7 Å². The van der Waals surface area contributed by atoms with E-state index >= 15 is 0 Å².